The summed E-state index contributed by atoms with van der Waals surface area (Å²) in [6, 6.07) is 11.0. The molecule has 0 unspecified atom stereocenters. The summed E-state index contributed by atoms with van der Waals surface area (Å²) in [5.74, 6) is 0.150. The van der Waals surface area contributed by atoms with Gasteiger partial charge in [0.05, 0.1) is 0 Å². The number of aliphatic imine (C=N–C) groups is 1. The molecule has 26 heavy (non-hydrogen) atoms. The first-order chi connectivity index (χ1) is 12.5. The maximum Gasteiger partial charge on any atom is 0.185 e. The zero-order valence-electron chi connectivity index (χ0n) is 15.4. The van der Waals surface area contributed by atoms with Crippen LogP contribution in [0.15, 0.2) is 40.3 Å². The third-order valence-corrected chi connectivity index (χ3v) is 4.44. The molecule has 2 aromatic rings. The molecule has 3 rings (SSSR count). The lowest BCUT2D eigenvalue weighted by atomic mass is 10.1. The van der Waals surface area contributed by atoms with E-state index in [0.29, 0.717) is 13.2 Å². The SMILES string of the molecule is Cc1cc2c([nH]1)=NCN(c1ccc([C@H](C)NCCCN=C(N)N)cc1)C=2. The fourth-order valence-corrected chi connectivity index (χ4v) is 3.02. The highest BCUT2D eigenvalue weighted by Crippen LogP contribution is 2.20. The summed E-state index contributed by atoms with van der Waals surface area (Å²) in [6.07, 6.45) is 3.05. The van der Waals surface area contributed by atoms with Crippen molar-refractivity contribution in [3.05, 3.63) is 52.3 Å². The minimum Gasteiger partial charge on any atom is -0.370 e. The zero-order chi connectivity index (χ0) is 18.5. The van der Waals surface area contributed by atoms with E-state index >= 15 is 0 Å². The number of aryl methyl sites for hydroxylation is 1. The molecule has 0 aliphatic carbocycles. The van der Waals surface area contributed by atoms with Gasteiger partial charge in [-0.3, -0.25) is 4.99 Å². The van der Waals surface area contributed by atoms with Crippen molar-refractivity contribution in [1.82, 2.24) is 10.3 Å². The van der Waals surface area contributed by atoms with Crippen molar-refractivity contribution in [1.29, 1.82) is 0 Å². The molecule has 138 valence electrons. The van der Waals surface area contributed by atoms with Gasteiger partial charge in [0.2, 0.25) is 0 Å². The molecule has 2 heterocycles. The lowest BCUT2D eigenvalue weighted by molar-refractivity contribution is 0.562. The maximum absolute atomic E-state index is 5.32. The van der Waals surface area contributed by atoms with Crippen LogP contribution in [0, 0.1) is 6.92 Å². The number of H-pyrrole nitrogens is 1. The number of hydrogen-bond acceptors (Lipinski definition) is 4. The molecule has 1 atom stereocenters. The van der Waals surface area contributed by atoms with E-state index in [4.69, 9.17) is 11.5 Å². The second kappa shape index (κ2) is 8.05. The van der Waals surface area contributed by atoms with Gasteiger partial charge in [0.15, 0.2) is 5.96 Å². The van der Waals surface area contributed by atoms with Crippen LogP contribution in [-0.4, -0.2) is 30.7 Å². The van der Waals surface area contributed by atoms with Gasteiger partial charge in [-0.1, -0.05) is 12.1 Å². The van der Waals surface area contributed by atoms with E-state index in [1.807, 2.05) is 6.92 Å². The number of anilines is 1. The molecule has 1 aliphatic rings. The van der Waals surface area contributed by atoms with Gasteiger partial charge in [0.25, 0.3) is 0 Å². The average Bonchev–Trinajstić information content (AvgIpc) is 3.00. The van der Waals surface area contributed by atoms with Crippen LogP contribution in [0.4, 0.5) is 5.69 Å². The van der Waals surface area contributed by atoms with Crippen LogP contribution in [0.3, 0.4) is 0 Å². The van der Waals surface area contributed by atoms with E-state index < -0.39 is 0 Å². The van der Waals surface area contributed by atoms with Crippen molar-refractivity contribution in [3.63, 3.8) is 0 Å². The molecule has 0 spiro atoms. The predicted octanol–water partition coefficient (Wildman–Crippen LogP) is 0.473. The van der Waals surface area contributed by atoms with Crippen molar-refractivity contribution in [2.45, 2.75) is 26.3 Å². The summed E-state index contributed by atoms with van der Waals surface area (Å²) in [4.78, 5) is 14.0. The van der Waals surface area contributed by atoms with Crippen LogP contribution in [0.5, 0.6) is 0 Å². The molecule has 0 amide bonds. The highest BCUT2D eigenvalue weighted by molar-refractivity contribution is 5.75. The highest BCUT2D eigenvalue weighted by Gasteiger charge is 2.09. The molecule has 7 nitrogen and oxygen atoms in total. The molecular weight excluding hydrogens is 326 g/mol. The third kappa shape index (κ3) is 4.43. The molecule has 0 fully saturated rings. The first-order valence-corrected chi connectivity index (χ1v) is 8.90. The van der Waals surface area contributed by atoms with E-state index in [1.54, 1.807) is 0 Å². The number of nitrogens with zero attached hydrogens (tertiary/aromatic N) is 3. The van der Waals surface area contributed by atoms with E-state index in [9.17, 15) is 0 Å². The Morgan fingerprint density at radius 1 is 1.35 bits per heavy atom. The van der Waals surface area contributed by atoms with Crippen LogP contribution in [-0.2, 0) is 0 Å². The Morgan fingerprint density at radius 3 is 2.85 bits per heavy atom. The molecule has 0 saturated carbocycles. The number of aromatic amines is 1. The molecule has 1 aliphatic heterocycles. The normalized spacial score (nSPS) is 14.2. The number of guanidine groups is 1. The topological polar surface area (TPSA) is 108 Å². The molecule has 0 saturated heterocycles. The molecule has 1 aromatic carbocycles. The number of nitrogens with two attached hydrogens (primary N) is 2. The largest absolute Gasteiger partial charge is 0.370 e. The van der Waals surface area contributed by atoms with Crippen molar-refractivity contribution in [2.24, 2.45) is 21.5 Å². The van der Waals surface area contributed by atoms with Crippen molar-refractivity contribution in [3.8, 4) is 0 Å². The summed E-state index contributed by atoms with van der Waals surface area (Å²) in [5.41, 5.74) is 15.1. The number of rotatable bonds is 7. The second-order valence-electron chi connectivity index (χ2n) is 6.58. The van der Waals surface area contributed by atoms with Crippen molar-refractivity contribution >= 4 is 17.8 Å². The van der Waals surface area contributed by atoms with Gasteiger partial charge in [-0.15, -0.1) is 0 Å². The first-order valence-electron chi connectivity index (χ1n) is 8.90. The quantitative estimate of drug-likeness (QED) is 0.330. The van der Waals surface area contributed by atoms with Crippen LogP contribution < -0.4 is 32.4 Å². The van der Waals surface area contributed by atoms with Gasteiger partial charge in [-0.2, -0.15) is 0 Å². The Balaban J connectivity index is 1.58. The molecule has 6 N–H and O–H groups in total. The van der Waals surface area contributed by atoms with E-state index in [2.05, 4.69) is 68.6 Å². The van der Waals surface area contributed by atoms with Crippen LogP contribution >= 0.6 is 0 Å². The van der Waals surface area contributed by atoms with E-state index in [0.717, 1.165) is 35.1 Å². The van der Waals surface area contributed by atoms with Gasteiger partial charge >= 0.3 is 0 Å². The summed E-state index contributed by atoms with van der Waals surface area (Å²) < 4.78 is 0. The van der Waals surface area contributed by atoms with E-state index in [1.165, 1.54) is 5.56 Å². The summed E-state index contributed by atoms with van der Waals surface area (Å²) in [7, 11) is 0. The van der Waals surface area contributed by atoms with Crippen molar-refractivity contribution in [2.75, 3.05) is 24.7 Å². The number of nitrogens with one attached hydrogen (secondary N) is 2. The number of aromatic nitrogens is 1. The van der Waals surface area contributed by atoms with Crippen LogP contribution in [0.25, 0.3) is 6.20 Å². The van der Waals surface area contributed by atoms with Crippen LogP contribution in [0.1, 0.15) is 30.6 Å². The number of benzene rings is 1. The van der Waals surface area contributed by atoms with Gasteiger partial charge < -0.3 is 26.7 Å². The zero-order valence-corrected chi connectivity index (χ0v) is 15.4. The molecule has 0 radical (unpaired) electrons. The average molecular weight is 353 g/mol. The minimum atomic E-state index is 0.150. The van der Waals surface area contributed by atoms with Crippen molar-refractivity contribution < 1.29 is 0 Å². The summed E-state index contributed by atoms with van der Waals surface area (Å²) in [5, 5.41) is 4.63. The molecular formula is C19H27N7. The Hall–Kier alpha value is -2.80. The Morgan fingerprint density at radius 2 is 2.12 bits per heavy atom. The number of hydrogen-bond donors (Lipinski definition) is 4. The van der Waals surface area contributed by atoms with Gasteiger partial charge in [0.1, 0.15) is 12.2 Å². The van der Waals surface area contributed by atoms with Crippen LogP contribution in [0.2, 0.25) is 0 Å². The fourth-order valence-electron chi connectivity index (χ4n) is 3.02. The molecule has 0 bridgehead atoms. The Kier molecular flexibility index (Phi) is 5.58. The third-order valence-electron chi connectivity index (χ3n) is 4.44. The van der Waals surface area contributed by atoms with Gasteiger partial charge in [0, 0.05) is 35.4 Å². The Bertz CT molecular complexity index is 876. The summed E-state index contributed by atoms with van der Waals surface area (Å²) >= 11 is 0. The monoisotopic (exact) mass is 353 g/mol. The first kappa shape index (κ1) is 18.0. The lowest BCUT2D eigenvalue weighted by Crippen LogP contribution is -2.34. The van der Waals surface area contributed by atoms with Gasteiger partial charge in [-0.25, -0.2) is 4.99 Å². The van der Waals surface area contributed by atoms with E-state index in [-0.39, 0.29) is 12.0 Å². The highest BCUT2D eigenvalue weighted by atomic mass is 15.2. The molecule has 7 heteroatoms. The maximum atomic E-state index is 5.32. The van der Waals surface area contributed by atoms with Gasteiger partial charge in [-0.05, 0) is 50.6 Å². The molecule has 1 aromatic heterocycles. The predicted molar refractivity (Wildman–Crippen MR) is 106 cm³/mol. The second-order valence-corrected chi connectivity index (χ2v) is 6.58. The fraction of sp³-hybridized carbons (Fsp3) is 0.368. The summed E-state index contributed by atoms with van der Waals surface area (Å²) in [6.45, 7) is 6.36. The minimum absolute atomic E-state index is 0.150. The standard InChI is InChI=1S/C19H27N7/c1-13-10-16-11-26(12-24-18(16)25-13)17-6-4-15(5-7-17)14(2)22-8-3-9-23-19(20)21/h4-7,10-11,14,22H,3,8-9,12H2,1-2H3,(H,24,25)(H4,20,21,23)/t14-/m0/s1. The number of fused-ring (bicyclic) bond motifs is 1. The smallest absolute Gasteiger partial charge is 0.185 e. The lowest BCUT2D eigenvalue weighted by Gasteiger charge is -2.21. The Labute approximate surface area is 153 Å².